The molecule has 0 radical (unpaired) electrons. The highest BCUT2D eigenvalue weighted by Crippen LogP contribution is 1.98. The van der Waals surface area contributed by atoms with Crippen LogP contribution in [0.15, 0.2) is 0 Å². The maximum Gasteiger partial charge on any atom is 0.220 e. The Bertz CT molecular complexity index is 162. The van der Waals surface area contributed by atoms with E-state index in [-0.39, 0.29) is 18.6 Å². The smallest absolute Gasteiger partial charge is 0.220 e. The van der Waals surface area contributed by atoms with Crippen molar-refractivity contribution in [3.8, 4) is 0 Å². The largest absolute Gasteiger partial charge is 0.396 e. The van der Waals surface area contributed by atoms with Crippen molar-refractivity contribution in [3.63, 3.8) is 0 Å². The summed E-state index contributed by atoms with van der Waals surface area (Å²) in [5, 5.41) is 11.6. The molecule has 0 aromatic carbocycles. The number of rotatable bonds is 9. The maximum absolute atomic E-state index is 11.4. The second-order valence-corrected chi connectivity index (χ2v) is 3.49. The van der Waals surface area contributed by atoms with E-state index in [0.717, 1.165) is 12.8 Å². The summed E-state index contributed by atoms with van der Waals surface area (Å²) in [6.07, 6.45) is 2.75. The molecule has 0 aliphatic heterocycles. The predicted molar refractivity (Wildman–Crippen MR) is 59.7 cm³/mol. The van der Waals surface area contributed by atoms with Crippen LogP contribution in [-0.2, 0) is 9.53 Å². The Kier molecular flexibility index (Phi) is 9.52. The molecule has 0 fully saturated rings. The molecule has 0 rings (SSSR count). The predicted octanol–water partition coefficient (Wildman–Crippen LogP) is 1.08. The summed E-state index contributed by atoms with van der Waals surface area (Å²) < 4.78 is 5.14. The first-order valence-electron chi connectivity index (χ1n) is 5.72. The van der Waals surface area contributed by atoms with Gasteiger partial charge in [-0.15, -0.1) is 0 Å². The number of carbonyl (C=O) groups is 1. The lowest BCUT2D eigenvalue weighted by atomic mass is 10.1. The summed E-state index contributed by atoms with van der Waals surface area (Å²) in [4.78, 5) is 11.4. The van der Waals surface area contributed by atoms with E-state index in [2.05, 4.69) is 5.32 Å². The molecule has 0 saturated carbocycles. The van der Waals surface area contributed by atoms with Gasteiger partial charge in [0.15, 0.2) is 0 Å². The van der Waals surface area contributed by atoms with Crippen molar-refractivity contribution in [3.05, 3.63) is 0 Å². The van der Waals surface area contributed by atoms with Gasteiger partial charge in [-0.3, -0.25) is 4.79 Å². The summed E-state index contributed by atoms with van der Waals surface area (Å²) in [6.45, 7) is 5.40. The molecule has 2 N–H and O–H groups in total. The highest BCUT2D eigenvalue weighted by atomic mass is 16.5. The zero-order chi connectivity index (χ0) is 11.5. The first-order valence-corrected chi connectivity index (χ1v) is 5.72. The average molecular weight is 217 g/mol. The van der Waals surface area contributed by atoms with E-state index < -0.39 is 0 Å². The summed E-state index contributed by atoms with van der Waals surface area (Å²) in [5.74, 6) is 0.0509. The van der Waals surface area contributed by atoms with Gasteiger partial charge in [-0.05, 0) is 26.2 Å². The molecule has 0 heterocycles. The third kappa shape index (κ3) is 8.39. The number of aliphatic hydroxyl groups is 1. The van der Waals surface area contributed by atoms with Crippen molar-refractivity contribution in [2.45, 2.75) is 45.6 Å². The molecule has 0 aromatic rings. The third-order valence-corrected chi connectivity index (χ3v) is 2.23. The Morgan fingerprint density at radius 3 is 2.73 bits per heavy atom. The van der Waals surface area contributed by atoms with Gasteiger partial charge in [-0.25, -0.2) is 0 Å². The summed E-state index contributed by atoms with van der Waals surface area (Å²) >= 11 is 0. The minimum atomic E-state index is 0.0509. The van der Waals surface area contributed by atoms with Crippen LogP contribution in [0.5, 0.6) is 0 Å². The van der Waals surface area contributed by atoms with Gasteiger partial charge < -0.3 is 15.2 Å². The van der Waals surface area contributed by atoms with Crippen LogP contribution in [0.2, 0.25) is 0 Å². The fourth-order valence-electron chi connectivity index (χ4n) is 1.31. The SMILES string of the molecule is CCOCCCC(=O)NC(CC)CCO. The van der Waals surface area contributed by atoms with Crippen molar-refractivity contribution in [1.29, 1.82) is 0 Å². The van der Waals surface area contributed by atoms with E-state index in [9.17, 15) is 4.79 Å². The molecule has 1 atom stereocenters. The monoisotopic (exact) mass is 217 g/mol. The van der Waals surface area contributed by atoms with E-state index >= 15 is 0 Å². The fraction of sp³-hybridized carbons (Fsp3) is 0.909. The highest BCUT2D eigenvalue weighted by Gasteiger charge is 2.08. The molecule has 4 heteroatoms. The molecule has 0 aromatic heterocycles. The Balaban J connectivity index is 3.52. The first-order chi connectivity index (χ1) is 7.24. The number of nitrogens with one attached hydrogen (secondary N) is 1. The van der Waals surface area contributed by atoms with Crippen molar-refractivity contribution >= 4 is 5.91 Å². The van der Waals surface area contributed by atoms with E-state index in [1.165, 1.54) is 0 Å². The van der Waals surface area contributed by atoms with Crippen LogP contribution in [0.25, 0.3) is 0 Å². The lowest BCUT2D eigenvalue weighted by Gasteiger charge is -2.15. The lowest BCUT2D eigenvalue weighted by molar-refractivity contribution is -0.122. The molecule has 1 unspecified atom stereocenters. The van der Waals surface area contributed by atoms with Crippen LogP contribution in [0.4, 0.5) is 0 Å². The fourth-order valence-corrected chi connectivity index (χ4v) is 1.31. The number of aliphatic hydroxyl groups excluding tert-OH is 1. The third-order valence-electron chi connectivity index (χ3n) is 2.23. The van der Waals surface area contributed by atoms with Crippen LogP contribution in [0, 0.1) is 0 Å². The highest BCUT2D eigenvalue weighted by molar-refractivity contribution is 5.76. The van der Waals surface area contributed by atoms with E-state index in [0.29, 0.717) is 26.1 Å². The summed E-state index contributed by atoms with van der Waals surface area (Å²) in [6, 6.07) is 0.106. The molecule has 90 valence electrons. The van der Waals surface area contributed by atoms with E-state index in [4.69, 9.17) is 9.84 Å². The molecule has 15 heavy (non-hydrogen) atoms. The van der Waals surface area contributed by atoms with Gasteiger partial charge in [-0.1, -0.05) is 6.92 Å². The van der Waals surface area contributed by atoms with Crippen molar-refractivity contribution < 1.29 is 14.6 Å². The molecule has 1 amide bonds. The molecular formula is C11H23NO3. The normalized spacial score (nSPS) is 12.5. The molecule has 0 aliphatic rings. The van der Waals surface area contributed by atoms with Crippen molar-refractivity contribution in [2.24, 2.45) is 0 Å². The quantitative estimate of drug-likeness (QED) is 0.568. The van der Waals surface area contributed by atoms with Crippen LogP contribution in [0.1, 0.15) is 39.5 Å². The van der Waals surface area contributed by atoms with Gasteiger partial charge in [0.2, 0.25) is 5.91 Å². The van der Waals surface area contributed by atoms with Gasteiger partial charge in [0.25, 0.3) is 0 Å². The minimum absolute atomic E-state index is 0.0509. The molecule has 0 bridgehead atoms. The Morgan fingerprint density at radius 2 is 2.20 bits per heavy atom. The first kappa shape index (κ1) is 14.4. The molecule has 4 nitrogen and oxygen atoms in total. The number of hydrogen-bond donors (Lipinski definition) is 2. The maximum atomic E-state index is 11.4. The topological polar surface area (TPSA) is 58.6 Å². The van der Waals surface area contributed by atoms with Gasteiger partial charge >= 0.3 is 0 Å². The summed E-state index contributed by atoms with van der Waals surface area (Å²) in [7, 11) is 0. The Labute approximate surface area is 92.0 Å². The van der Waals surface area contributed by atoms with Crippen molar-refractivity contribution in [1.82, 2.24) is 5.32 Å². The van der Waals surface area contributed by atoms with Crippen LogP contribution in [0.3, 0.4) is 0 Å². The number of amides is 1. The van der Waals surface area contributed by atoms with Crippen LogP contribution >= 0.6 is 0 Å². The van der Waals surface area contributed by atoms with E-state index in [1.807, 2.05) is 13.8 Å². The molecular weight excluding hydrogens is 194 g/mol. The molecule has 0 aliphatic carbocycles. The second kappa shape index (κ2) is 9.93. The molecule has 0 spiro atoms. The average Bonchev–Trinajstić information content (AvgIpc) is 2.24. The van der Waals surface area contributed by atoms with E-state index in [1.54, 1.807) is 0 Å². The lowest BCUT2D eigenvalue weighted by Crippen LogP contribution is -2.35. The Hall–Kier alpha value is -0.610. The summed E-state index contributed by atoms with van der Waals surface area (Å²) in [5.41, 5.74) is 0. The van der Waals surface area contributed by atoms with Gasteiger partial charge in [-0.2, -0.15) is 0 Å². The number of ether oxygens (including phenoxy) is 1. The zero-order valence-corrected chi connectivity index (χ0v) is 9.79. The number of carbonyl (C=O) groups excluding carboxylic acids is 1. The standard InChI is InChI=1S/C11H23NO3/c1-3-10(7-8-13)12-11(14)6-5-9-15-4-2/h10,13H,3-9H2,1-2H3,(H,12,14). The number of hydrogen-bond acceptors (Lipinski definition) is 3. The Morgan fingerprint density at radius 1 is 1.47 bits per heavy atom. The van der Waals surface area contributed by atoms with Gasteiger partial charge in [0.1, 0.15) is 0 Å². The molecule has 0 saturated heterocycles. The van der Waals surface area contributed by atoms with Crippen molar-refractivity contribution in [2.75, 3.05) is 19.8 Å². The zero-order valence-electron chi connectivity index (χ0n) is 9.79. The second-order valence-electron chi connectivity index (χ2n) is 3.49. The van der Waals surface area contributed by atoms with Gasteiger partial charge in [0, 0.05) is 32.3 Å². The van der Waals surface area contributed by atoms with Crippen LogP contribution in [-0.4, -0.2) is 36.9 Å². The van der Waals surface area contributed by atoms with Crippen LogP contribution < -0.4 is 5.32 Å². The minimum Gasteiger partial charge on any atom is -0.396 e. The van der Waals surface area contributed by atoms with Gasteiger partial charge in [0.05, 0.1) is 0 Å².